The smallest absolute Gasteiger partial charge is 0.305 e. The van der Waals surface area contributed by atoms with Gasteiger partial charge in [-0.15, -0.1) is 0 Å². The molecule has 0 aromatic rings. The van der Waals surface area contributed by atoms with E-state index in [2.05, 4.69) is 31.3 Å². The lowest BCUT2D eigenvalue weighted by molar-refractivity contribution is -0.143. The van der Waals surface area contributed by atoms with Crippen molar-refractivity contribution >= 4 is 11.9 Å². The van der Waals surface area contributed by atoms with Gasteiger partial charge in [0.25, 0.3) is 0 Å². The molecule has 1 amide bonds. The molecule has 2 unspecified atom stereocenters. The highest BCUT2D eigenvalue weighted by molar-refractivity contribution is 5.76. The van der Waals surface area contributed by atoms with Gasteiger partial charge in [-0.25, -0.2) is 0 Å². The topological polar surface area (TPSA) is 95.9 Å². The first-order valence-corrected chi connectivity index (χ1v) is 28.1. The Hall–Kier alpha value is -1.66. The summed E-state index contributed by atoms with van der Waals surface area (Å²) in [5, 5.41) is 23.0. The quantitative estimate of drug-likeness (QED) is 0.0321. The average molecular weight is 889 g/mol. The van der Waals surface area contributed by atoms with Crippen LogP contribution in [0.25, 0.3) is 0 Å². The van der Waals surface area contributed by atoms with Crippen molar-refractivity contribution in [3.8, 4) is 0 Å². The van der Waals surface area contributed by atoms with Crippen molar-refractivity contribution in [2.75, 3.05) is 13.2 Å². The van der Waals surface area contributed by atoms with E-state index in [1.807, 2.05) is 6.08 Å². The summed E-state index contributed by atoms with van der Waals surface area (Å²) in [6, 6.07) is -0.635. The molecule has 0 heterocycles. The molecule has 0 saturated heterocycles. The Morgan fingerprint density at radius 1 is 0.429 bits per heavy atom. The number of carbonyl (C=O) groups excluding carboxylic acids is 2. The molecule has 0 aliphatic carbocycles. The maximum atomic E-state index is 12.4. The van der Waals surface area contributed by atoms with E-state index in [0.717, 1.165) is 57.8 Å². The van der Waals surface area contributed by atoms with Gasteiger partial charge in [0.1, 0.15) is 0 Å². The molecule has 0 radical (unpaired) electrons. The van der Waals surface area contributed by atoms with E-state index in [0.29, 0.717) is 19.4 Å². The summed E-state index contributed by atoms with van der Waals surface area (Å²) in [6.07, 6.45) is 63.3. The predicted octanol–water partition coefficient (Wildman–Crippen LogP) is 17.1. The molecular formula is C57H109NO5. The fraction of sp³-hybridized carbons (Fsp3) is 0.895. The van der Waals surface area contributed by atoms with E-state index in [1.165, 1.54) is 218 Å². The van der Waals surface area contributed by atoms with Crippen molar-refractivity contribution < 1.29 is 24.5 Å². The Labute approximate surface area is 392 Å². The third-order valence-electron chi connectivity index (χ3n) is 13.0. The lowest BCUT2D eigenvalue weighted by Crippen LogP contribution is -2.45. The van der Waals surface area contributed by atoms with Crippen LogP contribution in [0, 0.1) is 0 Å². The van der Waals surface area contributed by atoms with Gasteiger partial charge < -0.3 is 20.3 Å². The molecule has 63 heavy (non-hydrogen) atoms. The Morgan fingerprint density at radius 2 is 0.746 bits per heavy atom. The van der Waals surface area contributed by atoms with Crippen molar-refractivity contribution in [1.29, 1.82) is 0 Å². The molecular weight excluding hydrogens is 779 g/mol. The van der Waals surface area contributed by atoms with Crippen molar-refractivity contribution in [2.24, 2.45) is 0 Å². The molecule has 0 spiro atoms. The number of aliphatic hydroxyl groups excluding tert-OH is 2. The lowest BCUT2D eigenvalue weighted by atomic mass is 10.0. The first-order chi connectivity index (χ1) is 31.0. The number of carbonyl (C=O) groups is 2. The molecule has 6 heteroatoms. The van der Waals surface area contributed by atoms with Crippen LogP contribution in [-0.2, 0) is 14.3 Å². The summed E-state index contributed by atoms with van der Waals surface area (Å²) in [4.78, 5) is 24.5. The summed E-state index contributed by atoms with van der Waals surface area (Å²) >= 11 is 0. The van der Waals surface area contributed by atoms with E-state index < -0.39 is 12.1 Å². The lowest BCUT2D eigenvalue weighted by Gasteiger charge is -2.20. The summed E-state index contributed by atoms with van der Waals surface area (Å²) in [5.74, 6) is -0.0821. The van der Waals surface area contributed by atoms with Crippen molar-refractivity contribution in [1.82, 2.24) is 5.32 Å². The molecule has 0 bridgehead atoms. The standard InChI is InChI=1S/C57H109NO5/c1-3-5-7-9-11-13-15-17-18-19-20-21-22-27-31-35-39-43-47-51-57(62)63-52-48-44-40-36-32-28-24-23-26-30-34-38-42-46-50-56(61)58-54(53-59)55(60)49-45-41-37-33-29-25-16-14-12-10-8-6-4-2/h17-18,45,49,54-55,59-60H,3-16,19-44,46-48,50-53H2,1-2H3,(H,58,61)/b18-17-,49-45+. The minimum atomic E-state index is -0.850. The Morgan fingerprint density at radius 3 is 1.13 bits per heavy atom. The van der Waals surface area contributed by atoms with E-state index >= 15 is 0 Å². The van der Waals surface area contributed by atoms with Crippen LogP contribution in [0.2, 0.25) is 0 Å². The van der Waals surface area contributed by atoms with Crippen LogP contribution < -0.4 is 5.32 Å². The summed E-state index contributed by atoms with van der Waals surface area (Å²) < 4.78 is 5.48. The second-order valence-corrected chi connectivity index (χ2v) is 19.3. The van der Waals surface area contributed by atoms with Crippen LogP contribution in [-0.4, -0.2) is 47.4 Å². The fourth-order valence-corrected chi connectivity index (χ4v) is 8.63. The highest BCUT2D eigenvalue weighted by Crippen LogP contribution is 2.16. The SMILES string of the molecule is CCCCCCCC/C=C\CCCCCCCCCCCC(=O)OCCCCCCCCCCCCCCCCC(=O)NC(CO)C(O)/C=C/CCCCCCCCCCCCC. The Kier molecular flexibility index (Phi) is 51.6. The van der Waals surface area contributed by atoms with E-state index in [9.17, 15) is 19.8 Å². The monoisotopic (exact) mass is 888 g/mol. The second kappa shape index (κ2) is 53.0. The first kappa shape index (κ1) is 61.3. The van der Waals surface area contributed by atoms with E-state index in [4.69, 9.17) is 4.74 Å². The number of amides is 1. The van der Waals surface area contributed by atoms with Crippen LogP contribution in [0.4, 0.5) is 0 Å². The number of nitrogens with one attached hydrogen (secondary N) is 1. The van der Waals surface area contributed by atoms with Gasteiger partial charge in [-0.1, -0.05) is 256 Å². The molecule has 0 saturated carbocycles. The van der Waals surface area contributed by atoms with Gasteiger partial charge in [-0.05, 0) is 57.8 Å². The molecule has 0 aliphatic heterocycles. The van der Waals surface area contributed by atoms with Gasteiger partial charge in [0.15, 0.2) is 0 Å². The molecule has 372 valence electrons. The van der Waals surface area contributed by atoms with Crippen molar-refractivity contribution in [3.63, 3.8) is 0 Å². The largest absolute Gasteiger partial charge is 0.466 e. The second-order valence-electron chi connectivity index (χ2n) is 19.3. The maximum absolute atomic E-state index is 12.4. The van der Waals surface area contributed by atoms with Crippen LogP contribution >= 0.6 is 0 Å². The minimum Gasteiger partial charge on any atom is -0.466 e. The molecule has 3 N–H and O–H groups in total. The minimum absolute atomic E-state index is 0.00387. The highest BCUT2D eigenvalue weighted by atomic mass is 16.5. The summed E-state index contributed by atoms with van der Waals surface area (Å²) in [5.41, 5.74) is 0. The van der Waals surface area contributed by atoms with Crippen LogP contribution in [0.15, 0.2) is 24.3 Å². The number of ether oxygens (including phenoxy) is 1. The zero-order valence-electron chi connectivity index (χ0n) is 42.3. The number of hydrogen-bond donors (Lipinski definition) is 3. The molecule has 0 aromatic carbocycles. The first-order valence-electron chi connectivity index (χ1n) is 28.1. The van der Waals surface area contributed by atoms with Gasteiger partial charge in [0, 0.05) is 12.8 Å². The average Bonchev–Trinajstić information content (AvgIpc) is 3.28. The van der Waals surface area contributed by atoms with Crippen molar-refractivity contribution in [2.45, 2.75) is 315 Å². The molecule has 6 nitrogen and oxygen atoms in total. The molecule has 0 aliphatic rings. The fourth-order valence-electron chi connectivity index (χ4n) is 8.63. The molecule has 0 fully saturated rings. The number of rotatable bonds is 52. The normalized spacial score (nSPS) is 12.8. The van der Waals surface area contributed by atoms with E-state index in [-0.39, 0.29) is 18.5 Å². The third-order valence-corrected chi connectivity index (χ3v) is 13.0. The van der Waals surface area contributed by atoms with Gasteiger partial charge >= 0.3 is 5.97 Å². The third kappa shape index (κ3) is 49.6. The predicted molar refractivity (Wildman–Crippen MR) is 273 cm³/mol. The number of aliphatic hydroxyl groups is 2. The summed E-state index contributed by atoms with van der Waals surface area (Å²) in [7, 11) is 0. The number of allylic oxidation sites excluding steroid dienone is 3. The zero-order valence-corrected chi connectivity index (χ0v) is 42.3. The van der Waals surface area contributed by atoms with Gasteiger partial charge in [0.05, 0.1) is 25.4 Å². The number of unbranched alkanes of at least 4 members (excludes halogenated alkanes) is 39. The highest BCUT2D eigenvalue weighted by Gasteiger charge is 2.18. The summed E-state index contributed by atoms with van der Waals surface area (Å²) in [6.45, 7) is 4.88. The van der Waals surface area contributed by atoms with E-state index in [1.54, 1.807) is 6.08 Å². The molecule has 0 rings (SSSR count). The van der Waals surface area contributed by atoms with Crippen molar-refractivity contribution in [3.05, 3.63) is 24.3 Å². The number of hydrogen-bond acceptors (Lipinski definition) is 5. The zero-order chi connectivity index (χ0) is 45.8. The van der Waals surface area contributed by atoms with Crippen LogP contribution in [0.5, 0.6) is 0 Å². The number of esters is 1. The maximum Gasteiger partial charge on any atom is 0.305 e. The van der Waals surface area contributed by atoms with Gasteiger partial charge in [-0.3, -0.25) is 9.59 Å². The Bertz CT molecular complexity index is 982. The van der Waals surface area contributed by atoms with Crippen LogP contribution in [0.3, 0.4) is 0 Å². The van der Waals surface area contributed by atoms with Gasteiger partial charge in [0.2, 0.25) is 5.91 Å². The Balaban J connectivity index is 3.43. The molecule has 0 aromatic heterocycles. The van der Waals surface area contributed by atoms with Gasteiger partial charge in [-0.2, -0.15) is 0 Å². The molecule has 2 atom stereocenters. The van der Waals surface area contributed by atoms with Crippen LogP contribution in [0.1, 0.15) is 303 Å².